The van der Waals surface area contributed by atoms with Crippen molar-refractivity contribution in [2.75, 3.05) is 0 Å². The van der Waals surface area contributed by atoms with E-state index >= 15 is 0 Å². The number of aromatic nitrogens is 2. The van der Waals surface area contributed by atoms with E-state index < -0.39 is 0 Å². The van der Waals surface area contributed by atoms with Crippen LogP contribution in [0.5, 0.6) is 5.88 Å². The number of hydrogen-bond donors (Lipinski definition) is 2. The second-order valence-electron chi connectivity index (χ2n) is 3.42. The number of nitrogens with one attached hydrogen (secondary N) is 1. The highest BCUT2D eigenvalue weighted by Gasteiger charge is 2.09. The number of aromatic hydroxyl groups is 1. The molecule has 0 saturated heterocycles. The van der Waals surface area contributed by atoms with Gasteiger partial charge in [0.15, 0.2) is 0 Å². The van der Waals surface area contributed by atoms with Crippen molar-refractivity contribution in [3.8, 4) is 5.88 Å². The first kappa shape index (κ1) is 12.3. The summed E-state index contributed by atoms with van der Waals surface area (Å²) in [6, 6.07) is 7.63. The molecule has 0 saturated carbocycles. The lowest BCUT2D eigenvalue weighted by atomic mass is 10.1. The van der Waals surface area contributed by atoms with Crippen LogP contribution in [-0.2, 0) is 6.42 Å². The Morgan fingerprint density at radius 3 is 2.65 bits per heavy atom. The van der Waals surface area contributed by atoms with E-state index in [1.54, 1.807) is 0 Å². The third-order valence-electron chi connectivity index (χ3n) is 2.21. The summed E-state index contributed by atoms with van der Waals surface area (Å²) in [5.74, 6) is 0.124. The molecule has 0 atom stereocenters. The molecular formula is C11H8Br2N2O2. The Kier molecular flexibility index (Phi) is 3.63. The van der Waals surface area contributed by atoms with Crippen LogP contribution in [0.1, 0.15) is 11.4 Å². The third-order valence-corrected chi connectivity index (χ3v) is 3.70. The van der Waals surface area contributed by atoms with Gasteiger partial charge >= 0.3 is 0 Å². The molecule has 2 rings (SSSR count). The zero-order valence-electron chi connectivity index (χ0n) is 8.58. The van der Waals surface area contributed by atoms with Crippen molar-refractivity contribution < 1.29 is 5.11 Å². The molecule has 6 heteroatoms. The van der Waals surface area contributed by atoms with E-state index in [4.69, 9.17) is 0 Å². The summed E-state index contributed by atoms with van der Waals surface area (Å²) in [6.45, 7) is 0. The highest BCUT2D eigenvalue weighted by Crippen LogP contribution is 2.20. The molecule has 88 valence electrons. The lowest BCUT2D eigenvalue weighted by Gasteiger charge is -2.04. The van der Waals surface area contributed by atoms with E-state index in [9.17, 15) is 9.90 Å². The molecule has 1 heterocycles. The van der Waals surface area contributed by atoms with Crippen LogP contribution >= 0.6 is 31.9 Å². The molecule has 0 aliphatic carbocycles. The Labute approximate surface area is 114 Å². The molecule has 17 heavy (non-hydrogen) atoms. The molecule has 1 aromatic carbocycles. The van der Waals surface area contributed by atoms with Crippen molar-refractivity contribution in [1.29, 1.82) is 0 Å². The Morgan fingerprint density at radius 1 is 1.29 bits per heavy atom. The Hall–Kier alpha value is -1.14. The van der Waals surface area contributed by atoms with E-state index in [1.165, 1.54) is 0 Å². The zero-order valence-corrected chi connectivity index (χ0v) is 11.7. The van der Waals surface area contributed by atoms with Gasteiger partial charge in [0, 0.05) is 10.9 Å². The lowest BCUT2D eigenvalue weighted by Crippen LogP contribution is -2.12. The molecule has 4 nitrogen and oxygen atoms in total. The van der Waals surface area contributed by atoms with Crippen LogP contribution in [0.4, 0.5) is 0 Å². The van der Waals surface area contributed by atoms with Gasteiger partial charge in [-0.1, -0.05) is 34.1 Å². The number of hydrogen-bond acceptors (Lipinski definition) is 3. The molecule has 0 fully saturated rings. The second-order valence-corrected chi connectivity index (χ2v) is 5.07. The fourth-order valence-corrected chi connectivity index (χ4v) is 2.01. The highest BCUT2D eigenvalue weighted by molar-refractivity contribution is 9.10. The maximum absolute atomic E-state index is 11.4. The van der Waals surface area contributed by atoms with E-state index in [0.717, 1.165) is 10.0 Å². The normalized spacial score (nSPS) is 10.5. The molecule has 0 aliphatic heterocycles. The van der Waals surface area contributed by atoms with Crippen LogP contribution in [0.15, 0.2) is 38.0 Å². The van der Waals surface area contributed by atoms with Crippen LogP contribution in [0.3, 0.4) is 0 Å². The number of halogens is 2. The van der Waals surface area contributed by atoms with E-state index in [2.05, 4.69) is 41.8 Å². The van der Waals surface area contributed by atoms with Gasteiger partial charge in [-0.15, -0.1) is 0 Å². The minimum Gasteiger partial charge on any atom is -0.492 e. The maximum Gasteiger partial charge on any atom is 0.269 e. The van der Waals surface area contributed by atoms with E-state index in [1.807, 2.05) is 24.3 Å². The monoisotopic (exact) mass is 358 g/mol. The first-order valence-electron chi connectivity index (χ1n) is 4.79. The van der Waals surface area contributed by atoms with Gasteiger partial charge in [-0.05, 0) is 27.6 Å². The van der Waals surface area contributed by atoms with Gasteiger partial charge in [0.1, 0.15) is 10.3 Å². The topological polar surface area (TPSA) is 66.0 Å². The van der Waals surface area contributed by atoms with Gasteiger partial charge in [0.25, 0.3) is 5.56 Å². The fraction of sp³-hybridized carbons (Fsp3) is 0.0909. The highest BCUT2D eigenvalue weighted by atomic mass is 79.9. The number of benzene rings is 1. The molecule has 0 bridgehead atoms. The van der Waals surface area contributed by atoms with E-state index in [-0.39, 0.29) is 15.9 Å². The summed E-state index contributed by atoms with van der Waals surface area (Å²) in [4.78, 5) is 17.9. The quantitative estimate of drug-likeness (QED) is 0.866. The number of rotatable bonds is 2. The summed E-state index contributed by atoms with van der Waals surface area (Å²) >= 11 is 6.36. The first-order valence-corrected chi connectivity index (χ1v) is 6.37. The molecule has 0 spiro atoms. The average Bonchev–Trinajstić information content (AvgIpc) is 2.29. The molecule has 2 aromatic rings. The van der Waals surface area contributed by atoms with Crippen molar-refractivity contribution in [1.82, 2.24) is 9.97 Å². The molecule has 2 N–H and O–H groups in total. The minimum atomic E-state index is -0.389. The van der Waals surface area contributed by atoms with Crippen molar-refractivity contribution in [3.05, 3.63) is 55.0 Å². The maximum atomic E-state index is 11.4. The predicted molar refractivity (Wildman–Crippen MR) is 71.2 cm³/mol. The van der Waals surface area contributed by atoms with Crippen molar-refractivity contribution in [2.24, 2.45) is 0 Å². The second kappa shape index (κ2) is 5.01. The van der Waals surface area contributed by atoms with Gasteiger partial charge in [-0.3, -0.25) is 4.79 Å². The predicted octanol–water partition coefficient (Wildman–Crippen LogP) is 2.59. The van der Waals surface area contributed by atoms with Crippen molar-refractivity contribution in [3.63, 3.8) is 0 Å². The largest absolute Gasteiger partial charge is 0.492 e. The SMILES string of the molecule is O=c1[nH]c(Cc2ccccc2Br)nc(O)c1Br. The van der Waals surface area contributed by atoms with Crippen LogP contribution in [0.2, 0.25) is 0 Å². The molecule has 0 amide bonds. The van der Waals surface area contributed by atoms with Gasteiger partial charge in [-0.2, -0.15) is 4.98 Å². The summed E-state index contributed by atoms with van der Waals surface area (Å²) in [6.07, 6.45) is 0.442. The molecule has 0 unspecified atom stereocenters. The summed E-state index contributed by atoms with van der Waals surface area (Å²) in [7, 11) is 0. The van der Waals surface area contributed by atoms with E-state index in [0.29, 0.717) is 12.2 Å². The Morgan fingerprint density at radius 2 is 2.00 bits per heavy atom. The van der Waals surface area contributed by atoms with Crippen molar-refractivity contribution >= 4 is 31.9 Å². The summed E-state index contributed by atoms with van der Waals surface area (Å²) < 4.78 is 0.985. The van der Waals surface area contributed by atoms with Crippen LogP contribution in [0, 0.1) is 0 Å². The summed E-state index contributed by atoms with van der Waals surface area (Å²) in [5.41, 5.74) is 0.594. The van der Waals surface area contributed by atoms with Gasteiger partial charge in [0.05, 0.1) is 0 Å². The molecule has 0 radical (unpaired) electrons. The molecule has 1 aromatic heterocycles. The first-order chi connectivity index (χ1) is 8.08. The van der Waals surface area contributed by atoms with Crippen LogP contribution < -0.4 is 5.56 Å². The fourth-order valence-electron chi connectivity index (χ4n) is 1.40. The van der Waals surface area contributed by atoms with Gasteiger partial charge in [-0.25, -0.2) is 0 Å². The minimum absolute atomic E-state index is 0.0494. The Balaban J connectivity index is 2.38. The van der Waals surface area contributed by atoms with Crippen LogP contribution in [0.25, 0.3) is 0 Å². The molecular weight excluding hydrogens is 352 g/mol. The Bertz CT molecular complexity index is 611. The number of H-pyrrole nitrogens is 1. The lowest BCUT2D eigenvalue weighted by molar-refractivity contribution is 0.444. The molecule has 0 aliphatic rings. The zero-order chi connectivity index (χ0) is 12.4. The smallest absolute Gasteiger partial charge is 0.269 e. The standard InChI is InChI=1S/C11H8Br2N2O2/c12-7-4-2-1-3-6(7)5-8-14-10(16)9(13)11(17)15-8/h1-4H,5H2,(H2,14,15,16,17). The van der Waals surface area contributed by atoms with Crippen LogP contribution in [-0.4, -0.2) is 15.1 Å². The number of nitrogens with zero attached hydrogens (tertiary/aromatic N) is 1. The summed E-state index contributed by atoms with van der Waals surface area (Å²) in [5, 5.41) is 9.44. The van der Waals surface area contributed by atoms with Crippen molar-refractivity contribution in [2.45, 2.75) is 6.42 Å². The van der Waals surface area contributed by atoms with Gasteiger partial charge < -0.3 is 10.1 Å². The third kappa shape index (κ3) is 2.76. The van der Waals surface area contributed by atoms with Gasteiger partial charge in [0.2, 0.25) is 5.88 Å². The average molecular weight is 360 g/mol. The number of aromatic amines is 1.